The Kier molecular flexibility index (Phi) is 5.37. The second-order valence-corrected chi connectivity index (χ2v) is 4.02. The minimum Gasteiger partial charge on any atom is -0.462 e. The molecular formula is C10H9F9O2. The minimum atomic E-state index is -6.90. The largest absolute Gasteiger partial charge is 0.462 e. The van der Waals surface area contributed by atoms with Crippen molar-refractivity contribution in [1.29, 1.82) is 0 Å². The number of alkyl halides is 9. The third-order valence-corrected chi connectivity index (χ3v) is 2.28. The normalized spacial score (nSPS) is 14.0. The van der Waals surface area contributed by atoms with Crippen LogP contribution in [0.3, 0.4) is 0 Å². The third kappa shape index (κ3) is 3.82. The number of halogens is 9. The van der Waals surface area contributed by atoms with E-state index in [2.05, 4.69) is 11.3 Å². The monoisotopic (exact) mass is 332 g/mol. The van der Waals surface area contributed by atoms with Crippen LogP contribution in [0, 0.1) is 0 Å². The lowest BCUT2D eigenvalue weighted by Gasteiger charge is -2.35. The van der Waals surface area contributed by atoms with Crippen molar-refractivity contribution in [2.75, 3.05) is 6.61 Å². The Labute approximate surface area is 112 Å². The quantitative estimate of drug-likeness (QED) is 0.433. The van der Waals surface area contributed by atoms with Gasteiger partial charge in [0.25, 0.3) is 0 Å². The van der Waals surface area contributed by atoms with Crippen LogP contribution < -0.4 is 0 Å². The van der Waals surface area contributed by atoms with Crippen molar-refractivity contribution in [2.45, 2.75) is 37.3 Å². The molecule has 0 unspecified atom stereocenters. The van der Waals surface area contributed by atoms with Crippen LogP contribution in [0.25, 0.3) is 0 Å². The van der Waals surface area contributed by atoms with E-state index in [1.165, 1.54) is 0 Å². The molecule has 0 amide bonds. The summed E-state index contributed by atoms with van der Waals surface area (Å²) in [5, 5.41) is 0. The summed E-state index contributed by atoms with van der Waals surface area (Å²) in [5.41, 5.74) is -7.07. The zero-order chi connectivity index (χ0) is 17.3. The van der Waals surface area contributed by atoms with Gasteiger partial charge in [-0.15, -0.1) is 0 Å². The number of hydrogen-bond donors (Lipinski definition) is 0. The first-order valence-corrected chi connectivity index (χ1v) is 5.10. The smallest absolute Gasteiger partial charge is 0.437 e. The van der Waals surface area contributed by atoms with Crippen LogP contribution in [-0.2, 0) is 9.53 Å². The summed E-state index contributed by atoms with van der Waals surface area (Å²) in [6.45, 7) is 2.52. The maximum Gasteiger partial charge on any atom is 0.437 e. The van der Waals surface area contributed by atoms with Crippen LogP contribution in [0.5, 0.6) is 0 Å². The highest BCUT2D eigenvalue weighted by atomic mass is 19.4. The van der Waals surface area contributed by atoms with Gasteiger partial charge in [-0.1, -0.05) is 6.58 Å². The van der Waals surface area contributed by atoms with Gasteiger partial charge >= 0.3 is 29.9 Å². The van der Waals surface area contributed by atoms with E-state index in [9.17, 15) is 44.3 Å². The standard InChI is InChI=1S/C10H9F9O2/c1-5(2)6(20)21-4-3-7(11,12)8(13,9(14,15)16)10(17,18)19/h1,3-4H2,2H3. The summed E-state index contributed by atoms with van der Waals surface area (Å²) in [6.07, 6.45) is -16.1. The molecule has 124 valence electrons. The van der Waals surface area contributed by atoms with Crippen molar-refractivity contribution in [3.63, 3.8) is 0 Å². The van der Waals surface area contributed by atoms with Crippen LogP contribution in [-0.4, -0.2) is 36.5 Å². The van der Waals surface area contributed by atoms with Gasteiger partial charge < -0.3 is 4.74 Å². The Morgan fingerprint density at radius 2 is 1.33 bits per heavy atom. The Morgan fingerprint density at radius 1 is 0.952 bits per heavy atom. The Bertz CT molecular complexity index is 394. The molecule has 0 saturated carbocycles. The highest BCUT2D eigenvalue weighted by Crippen LogP contribution is 2.55. The number of hydrogen-bond acceptors (Lipinski definition) is 2. The van der Waals surface area contributed by atoms with Crippen molar-refractivity contribution in [1.82, 2.24) is 0 Å². The molecule has 0 fully saturated rings. The van der Waals surface area contributed by atoms with E-state index in [1.807, 2.05) is 0 Å². The summed E-state index contributed by atoms with van der Waals surface area (Å²) in [6, 6.07) is 0. The van der Waals surface area contributed by atoms with Crippen molar-refractivity contribution in [2.24, 2.45) is 0 Å². The molecule has 0 aliphatic heterocycles. The first kappa shape index (κ1) is 19.6. The van der Waals surface area contributed by atoms with Crippen molar-refractivity contribution < 1.29 is 49.0 Å². The lowest BCUT2D eigenvalue weighted by Crippen LogP contribution is -2.64. The Balaban J connectivity index is 5.24. The Morgan fingerprint density at radius 3 is 1.62 bits per heavy atom. The zero-order valence-electron chi connectivity index (χ0n) is 10.3. The van der Waals surface area contributed by atoms with Crippen molar-refractivity contribution in [3.8, 4) is 0 Å². The maximum atomic E-state index is 13.1. The summed E-state index contributed by atoms with van der Waals surface area (Å²) < 4.78 is 116. The maximum absolute atomic E-state index is 13.1. The highest BCUT2D eigenvalue weighted by molar-refractivity contribution is 5.86. The van der Waals surface area contributed by atoms with Crippen LogP contribution in [0.1, 0.15) is 13.3 Å². The van der Waals surface area contributed by atoms with Gasteiger partial charge in [0.1, 0.15) is 0 Å². The molecule has 0 spiro atoms. The van der Waals surface area contributed by atoms with Gasteiger partial charge in [-0.25, -0.2) is 18.0 Å². The summed E-state index contributed by atoms with van der Waals surface area (Å²) in [4.78, 5) is 10.8. The number of carbonyl (C=O) groups excluding carboxylic acids is 1. The molecule has 0 rings (SSSR count). The predicted octanol–water partition coefficient (Wildman–Crippen LogP) is 3.96. The lowest BCUT2D eigenvalue weighted by atomic mass is 9.93. The molecule has 0 N–H and O–H groups in total. The van der Waals surface area contributed by atoms with Gasteiger partial charge in [-0.2, -0.15) is 26.3 Å². The van der Waals surface area contributed by atoms with E-state index >= 15 is 0 Å². The van der Waals surface area contributed by atoms with Crippen LogP contribution in [0.2, 0.25) is 0 Å². The first-order chi connectivity index (χ1) is 9.08. The molecule has 0 aromatic rings. The van der Waals surface area contributed by atoms with Crippen LogP contribution >= 0.6 is 0 Å². The molecule has 0 aliphatic carbocycles. The summed E-state index contributed by atoms with van der Waals surface area (Å²) in [7, 11) is 0. The molecule has 0 bridgehead atoms. The van der Waals surface area contributed by atoms with E-state index in [0.717, 1.165) is 6.92 Å². The molecule has 0 radical (unpaired) electrons. The summed E-state index contributed by atoms with van der Waals surface area (Å²) in [5.74, 6) is -7.19. The number of carbonyl (C=O) groups is 1. The summed E-state index contributed by atoms with van der Waals surface area (Å²) >= 11 is 0. The van der Waals surface area contributed by atoms with Gasteiger partial charge in [0, 0.05) is 12.0 Å². The van der Waals surface area contributed by atoms with Crippen LogP contribution in [0.4, 0.5) is 39.5 Å². The number of rotatable bonds is 5. The fourth-order valence-electron chi connectivity index (χ4n) is 1.14. The minimum absolute atomic E-state index is 0.323. The molecule has 0 aromatic heterocycles. The van der Waals surface area contributed by atoms with E-state index < -0.39 is 42.9 Å². The van der Waals surface area contributed by atoms with E-state index in [0.29, 0.717) is 0 Å². The molecular weight excluding hydrogens is 323 g/mol. The number of ether oxygens (including phenoxy) is 1. The second-order valence-electron chi connectivity index (χ2n) is 4.02. The van der Waals surface area contributed by atoms with E-state index in [1.54, 1.807) is 0 Å². The zero-order valence-corrected chi connectivity index (χ0v) is 10.3. The van der Waals surface area contributed by atoms with Crippen molar-refractivity contribution >= 4 is 5.97 Å². The van der Waals surface area contributed by atoms with Crippen LogP contribution in [0.15, 0.2) is 12.2 Å². The van der Waals surface area contributed by atoms with E-state index in [4.69, 9.17) is 0 Å². The lowest BCUT2D eigenvalue weighted by molar-refractivity contribution is -0.397. The molecule has 21 heavy (non-hydrogen) atoms. The first-order valence-electron chi connectivity index (χ1n) is 5.10. The topological polar surface area (TPSA) is 26.3 Å². The van der Waals surface area contributed by atoms with Gasteiger partial charge in [0.15, 0.2) is 0 Å². The van der Waals surface area contributed by atoms with Crippen molar-refractivity contribution in [3.05, 3.63) is 12.2 Å². The van der Waals surface area contributed by atoms with Gasteiger partial charge in [-0.05, 0) is 6.92 Å². The third-order valence-electron chi connectivity index (χ3n) is 2.28. The fourth-order valence-corrected chi connectivity index (χ4v) is 1.14. The molecule has 0 aliphatic rings. The molecule has 11 heteroatoms. The number of esters is 1. The molecule has 0 heterocycles. The molecule has 0 atom stereocenters. The van der Waals surface area contributed by atoms with Gasteiger partial charge in [0.2, 0.25) is 0 Å². The molecule has 0 saturated heterocycles. The van der Waals surface area contributed by atoms with Gasteiger partial charge in [-0.3, -0.25) is 0 Å². The Hall–Kier alpha value is -1.42. The average Bonchev–Trinajstić information content (AvgIpc) is 2.23. The average molecular weight is 332 g/mol. The second kappa shape index (κ2) is 5.76. The SMILES string of the molecule is C=C(C)C(=O)OCCC(F)(F)C(F)(C(F)(F)F)C(F)(F)F. The fraction of sp³-hybridized carbons (Fsp3) is 0.700. The highest BCUT2D eigenvalue weighted by Gasteiger charge is 2.83. The predicted molar refractivity (Wildman–Crippen MR) is 51.3 cm³/mol. The molecule has 0 aromatic carbocycles. The van der Waals surface area contributed by atoms with E-state index in [-0.39, 0.29) is 5.57 Å². The van der Waals surface area contributed by atoms with Gasteiger partial charge in [0.05, 0.1) is 6.61 Å². The molecule has 2 nitrogen and oxygen atoms in total.